The number of hydrogen-bond donors (Lipinski definition) is 2. The average Bonchev–Trinajstić information content (AvgIpc) is 3.83. The molecule has 4 amide bonds. The lowest BCUT2D eigenvalue weighted by atomic mass is 9.95. The second-order valence-corrected chi connectivity index (χ2v) is 13.4. The summed E-state index contributed by atoms with van der Waals surface area (Å²) >= 11 is 1.49. The van der Waals surface area contributed by atoms with Gasteiger partial charge in [0.1, 0.15) is 0 Å². The van der Waals surface area contributed by atoms with E-state index in [1.807, 2.05) is 71.3 Å². The molecular formula is C37H36N4O4S. The number of carbonyl (C=O) groups excluding carboxylic acids is 4. The highest BCUT2D eigenvalue weighted by Gasteiger charge is 2.31. The number of thiophene rings is 1. The number of rotatable bonds is 6. The van der Waals surface area contributed by atoms with Gasteiger partial charge in [-0.15, -0.1) is 11.3 Å². The number of likely N-dealkylation sites (tertiary alicyclic amines) is 1. The van der Waals surface area contributed by atoms with Crippen molar-refractivity contribution in [2.24, 2.45) is 5.92 Å². The van der Waals surface area contributed by atoms with Crippen LogP contribution in [0.5, 0.6) is 0 Å². The topological polar surface area (TPSA) is 98.8 Å². The smallest absolute Gasteiger partial charge is 0.261 e. The highest BCUT2D eigenvalue weighted by molar-refractivity contribution is 7.17. The van der Waals surface area contributed by atoms with Gasteiger partial charge in [-0.3, -0.25) is 19.2 Å². The van der Waals surface area contributed by atoms with Crippen LogP contribution in [0.25, 0.3) is 10.4 Å². The van der Waals surface area contributed by atoms with Gasteiger partial charge in [-0.1, -0.05) is 36.4 Å². The zero-order chi connectivity index (χ0) is 31.8. The van der Waals surface area contributed by atoms with Gasteiger partial charge in [0.05, 0.1) is 10.6 Å². The molecule has 3 aliphatic rings. The van der Waals surface area contributed by atoms with Crippen molar-refractivity contribution in [3.63, 3.8) is 0 Å². The molecule has 0 unspecified atom stereocenters. The maximum Gasteiger partial charge on any atom is 0.261 e. The summed E-state index contributed by atoms with van der Waals surface area (Å²) in [6, 6.07) is 24.8. The van der Waals surface area contributed by atoms with Crippen LogP contribution in [-0.2, 0) is 11.2 Å². The maximum absolute atomic E-state index is 13.8. The molecular weight excluding hydrogens is 596 g/mol. The molecule has 8 nitrogen and oxygen atoms in total. The van der Waals surface area contributed by atoms with Gasteiger partial charge in [-0.25, -0.2) is 0 Å². The molecule has 4 aromatic rings. The van der Waals surface area contributed by atoms with Gasteiger partial charge in [0, 0.05) is 58.8 Å². The number of anilines is 2. The normalized spacial score (nSPS) is 16.2. The van der Waals surface area contributed by atoms with E-state index in [1.165, 1.54) is 11.3 Å². The first kappa shape index (κ1) is 29.9. The lowest BCUT2D eigenvalue weighted by molar-refractivity contribution is -0.121. The molecule has 1 aliphatic carbocycles. The third kappa shape index (κ3) is 6.07. The Bertz CT molecular complexity index is 1820. The Morgan fingerprint density at radius 1 is 0.804 bits per heavy atom. The molecule has 1 aromatic heterocycles. The third-order valence-electron chi connectivity index (χ3n) is 9.16. The van der Waals surface area contributed by atoms with Gasteiger partial charge >= 0.3 is 0 Å². The van der Waals surface area contributed by atoms with E-state index in [2.05, 4.69) is 10.6 Å². The lowest BCUT2D eigenvalue weighted by Crippen LogP contribution is -2.41. The predicted molar refractivity (Wildman–Crippen MR) is 181 cm³/mol. The molecule has 2 N–H and O–H groups in total. The van der Waals surface area contributed by atoms with Crippen LogP contribution >= 0.6 is 11.3 Å². The van der Waals surface area contributed by atoms with E-state index in [4.69, 9.17) is 0 Å². The van der Waals surface area contributed by atoms with Gasteiger partial charge in [-0.05, 0) is 92.6 Å². The molecule has 0 spiro atoms. The van der Waals surface area contributed by atoms with E-state index in [9.17, 15) is 19.2 Å². The second kappa shape index (κ2) is 12.6. The number of hydrogen-bond acceptors (Lipinski definition) is 5. The summed E-state index contributed by atoms with van der Waals surface area (Å²) in [4.78, 5) is 58.0. The van der Waals surface area contributed by atoms with Crippen LogP contribution < -0.4 is 15.5 Å². The van der Waals surface area contributed by atoms with E-state index in [0.717, 1.165) is 40.1 Å². The number of piperidine rings is 1. The standard InChI is InChI=1S/C37H36N4O4S/c1-23-6-2-3-7-29(23)37(45)40-19-16-24(17-20-40)34(42)38-27-12-10-25(11-13-27)36(44)41-21-18-26-22-32(35(43)39-28-14-15-28)46-33(26)30-8-4-5-9-31(30)41/h2-13,22,24,28H,14-21H2,1H3,(H,38,42)(H,39,43). The van der Waals surface area contributed by atoms with Crippen molar-refractivity contribution in [1.82, 2.24) is 10.2 Å². The summed E-state index contributed by atoms with van der Waals surface area (Å²) in [5.41, 5.74) is 5.69. The Hall–Kier alpha value is -4.76. The number of nitrogens with one attached hydrogen (secondary N) is 2. The minimum atomic E-state index is -0.183. The van der Waals surface area contributed by atoms with Gasteiger partial charge in [-0.2, -0.15) is 0 Å². The highest BCUT2D eigenvalue weighted by Crippen LogP contribution is 2.42. The summed E-state index contributed by atoms with van der Waals surface area (Å²) in [6.07, 6.45) is 3.94. The summed E-state index contributed by atoms with van der Waals surface area (Å²) in [5, 5.41) is 6.09. The summed E-state index contributed by atoms with van der Waals surface area (Å²) in [5.74, 6) is -0.368. The number of fused-ring (bicyclic) bond motifs is 3. The van der Waals surface area contributed by atoms with Gasteiger partial charge in [0.2, 0.25) is 5.91 Å². The van der Waals surface area contributed by atoms with Crippen molar-refractivity contribution in [3.8, 4) is 10.4 Å². The largest absolute Gasteiger partial charge is 0.349 e. The summed E-state index contributed by atoms with van der Waals surface area (Å²) in [6.45, 7) is 3.51. The lowest BCUT2D eigenvalue weighted by Gasteiger charge is -2.31. The fraction of sp³-hybridized carbons (Fsp3) is 0.297. The second-order valence-electron chi connectivity index (χ2n) is 12.4. The van der Waals surface area contributed by atoms with Crippen molar-refractivity contribution in [1.29, 1.82) is 0 Å². The molecule has 1 saturated carbocycles. The van der Waals surface area contributed by atoms with E-state index in [1.54, 1.807) is 24.3 Å². The minimum absolute atomic E-state index is 0.0147. The molecule has 9 heteroatoms. The Morgan fingerprint density at radius 3 is 2.26 bits per heavy atom. The molecule has 7 rings (SSSR count). The highest BCUT2D eigenvalue weighted by atomic mass is 32.1. The van der Waals surface area contributed by atoms with Crippen LogP contribution in [-0.4, -0.2) is 54.2 Å². The van der Waals surface area contributed by atoms with E-state index >= 15 is 0 Å². The van der Waals surface area contributed by atoms with Gasteiger partial charge in [0.15, 0.2) is 0 Å². The van der Waals surface area contributed by atoms with Crippen LogP contribution in [0.2, 0.25) is 0 Å². The van der Waals surface area contributed by atoms with Crippen molar-refractivity contribution >= 4 is 46.3 Å². The predicted octanol–water partition coefficient (Wildman–Crippen LogP) is 6.31. The Labute approximate surface area is 272 Å². The molecule has 3 aromatic carbocycles. The Morgan fingerprint density at radius 2 is 1.52 bits per heavy atom. The Kier molecular flexibility index (Phi) is 8.17. The fourth-order valence-electron chi connectivity index (χ4n) is 6.33. The van der Waals surface area contributed by atoms with E-state index in [-0.39, 0.29) is 29.5 Å². The first-order valence-corrected chi connectivity index (χ1v) is 16.8. The number of nitrogens with zero attached hydrogens (tertiary/aromatic N) is 2. The number of para-hydroxylation sites is 1. The molecule has 2 fully saturated rings. The molecule has 0 radical (unpaired) electrons. The van der Waals surface area contributed by atoms with Gasteiger partial charge in [0.25, 0.3) is 17.7 Å². The zero-order valence-corrected chi connectivity index (χ0v) is 26.6. The number of aryl methyl sites for hydroxylation is 1. The molecule has 234 valence electrons. The summed E-state index contributed by atoms with van der Waals surface area (Å²) in [7, 11) is 0. The molecule has 2 aliphatic heterocycles. The molecule has 0 bridgehead atoms. The molecule has 1 saturated heterocycles. The van der Waals surface area contributed by atoms with E-state index in [0.29, 0.717) is 66.6 Å². The molecule has 3 heterocycles. The maximum atomic E-state index is 13.8. The van der Waals surface area contributed by atoms with Crippen LogP contribution in [0.1, 0.15) is 67.2 Å². The zero-order valence-electron chi connectivity index (χ0n) is 25.8. The van der Waals surface area contributed by atoms with Crippen molar-refractivity contribution in [2.45, 2.75) is 45.1 Å². The van der Waals surface area contributed by atoms with Gasteiger partial charge < -0.3 is 20.4 Å². The minimum Gasteiger partial charge on any atom is -0.349 e. The fourth-order valence-corrected chi connectivity index (χ4v) is 7.47. The van der Waals surface area contributed by atoms with Crippen LogP contribution in [0, 0.1) is 12.8 Å². The van der Waals surface area contributed by atoms with Crippen molar-refractivity contribution < 1.29 is 19.2 Å². The Balaban J connectivity index is 0.990. The van der Waals surface area contributed by atoms with Crippen molar-refractivity contribution in [2.75, 3.05) is 29.9 Å². The van der Waals surface area contributed by atoms with Crippen LogP contribution in [0.4, 0.5) is 11.4 Å². The first-order valence-electron chi connectivity index (χ1n) is 16.0. The SMILES string of the molecule is Cc1ccccc1C(=O)N1CCC(C(=O)Nc2ccc(C(=O)N3CCc4cc(C(=O)NC5CC5)sc4-c4ccccc43)cc2)CC1. The van der Waals surface area contributed by atoms with Crippen LogP contribution in [0.3, 0.4) is 0 Å². The van der Waals surface area contributed by atoms with Crippen molar-refractivity contribution in [3.05, 3.63) is 106 Å². The molecule has 46 heavy (non-hydrogen) atoms. The average molecular weight is 633 g/mol. The molecule has 0 atom stereocenters. The van der Waals surface area contributed by atoms with Crippen LogP contribution in [0.15, 0.2) is 78.9 Å². The first-order chi connectivity index (χ1) is 22.4. The number of carbonyl (C=O) groups is 4. The number of benzene rings is 3. The monoisotopic (exact) mass is 632 g/mol. The number of amides is 4. The third-order valence-corrected chi connectivity index (χ3v) is 10.4. The quantitative estimate of drug-likeness (QED) is 0.260. The van der Waals surface area contributed by atoms with E-state index < -0.39 is 0 Å². The summed E-state index contributed by atoms with van der Waals surface area (Å²) < 4.78 is 0.